The quantitative estimate of drug-likeness (QED) is 0.234. The van der Waals surface area contributed by atoms with Crippen LogP contribution in [0.25, 0.3) is 0 Å². The smallest absolute Gasteiger partial charge is 0.421 e. The van der Waals surface area contributed by atoms with Crippen molar-refractivity contribution >= 4 is 40.9 Å². The highest BCUT2D eigenvalue weighted by Crippen LogP contribution is 2.53. The normalized spacial score (nSPS) is 16.9. The van der Waals surface area contributed by atoms with E-state index < -0.39 is 35.4 Å². The number of hydrogen-bond acceptors (Lipinski definition) is 5. The summed E-state index contributed by atoms with van der Waals surface area (Å²) in [4.78, 5) is 57.2. The van der Waals surface area contributed by atoms with Crippen LogP contribution < -0.4 is 4.90 Å². The van der Waals surface area contributed by atoms with Gasteiger partial charge in [-0.3, -0.25) is 14.4 Å². The van der Waals surface area contributed by atoms with E-state index in [4.69, 9.17) is 16.3 Å². The van der Waals surface area contributed by atoms with Crippen LogP contribution in [-0.2, 0) is 9.53 Å². The lowest BCUT2D eigenvalue weighted by atomic mass is 9.65. The Balaban J connectivity index is 1.62. The van der Waals surface area contributed by atoms with Crippen molar-refractivity contribution < 1.29 is 23.9 Å². The van der Waals surface area contributed by atoms with Crippen molar-refractivity contribution in [3.8, 4) is 0 Å². The number of hydrogen-bond donors (Lipinski definition) is 0. The zero-order valence-electron chi connectivity index (χ0n) is 23.3. The Morgan fingerprint density at radius 3 is 1.93 bits per heavy atom. The van der Waals surface area contributed by atoms with Gasteiger partial charge in [-0.2, -0.15) is 0 Å². The molecule has 0 saturated heterocycles. The third kappa shape index (κ3) is 4.52. The van der Waals surface area contributed by atoms with Crippen molar-refractivity contribution in [2.24, 2.45) is 5.92 Å². The Bertz CT molecular complexity index is 1710. The molecule has 2 amide bonds. The summed E-state index contributed by atoms with van der Waals surface area (Å²) in [5, 5.41) is 0.260. The highest BCUT2D eigenvalue weighted by atomic mass is 35.5. The number of ether oxygens (including phenoxy) is 1. The fraction of sp³-hybridized carbons (Fsp3) is 0.200. The minimum absolute atomic E-state index is 0.144. The number of imide groups is 1. The van der Waals surface area contributed by atoms with E-state index in [0.717, 1.165) is 4.90 Å². The van der Waals surface area contributed by atoms with Gasteiger partial charge in [-0.1, -0.05) is 96.5 Å². The van der Waals surface area contributed by atoms with E-state index in [9.17, 15) is 19.2 Å². The van der Waals surface area contributed by atoms with E-state index in [-0.39, 0.29) is 22.3 Å². The van der Waals surface area contributed by atoms with Crippen molar-refractivity contribution in [2.75, 3.05) is 4.90 Å². The van der Waals surface area contributed by atoms with Crippen LogP contribution in [-0.4, -0.2) is 29.2 Å². The van der Waals surface area contributed by atoms with Gasteiger partial charge in [0.2, 0.25) is 5.91 Å². The number of fused-ring (bicyclic) bond motifs is 3. The van der Waals surface area contributed by atoms with Crippen LogP contribution in [0, 0.1) is 5.92 Å². The molecule has 0 fully saturated rings. The lowest BCUT2D eigenvalue weighted by molar-refractivity contribution is -0.120. The monoisotopic (exact) mass is 577 g/mol. The first-order chi connectivity index (χ1) is 20.1. The fourth-order valence-electron chi connectivity index (χ4n) is 6.18. The number of halogens is 1. The van der Waals surface area contributed by atoms with E-state index >= 15 is 0 Å². The van der Waals surface area contributed by atoms with E-state index in [1.807, 2.05) is 30.3 Å². The number of nitrogens with zero attached hydrogens (tertiary/aromatic N) is 1. The Morgan fingerprint density at radius 1 is 0.762 bits per heavy atom. The van der Waals surface area contributed by atoms with Gasteiger partial charge < -0.3 is 4.74 Å². The molecule has 0 unspecified atom stereocenters. The van der Waals surface area contributed by atoms with Gasteiger partial charge in [0.25, 0.3) is 0 Å². The maximum Gasteiger partial charge on any atom is 0.421 e. The van der Waals surface area contributed by atoms with Crippen molar-refractivity contribution in [2.45, 2.75) is 38.2 Å². The molecule has 1 aliphatic carbocycles. The first-order valence-corrected chi connectivity index (χ1v) is 14.1. The first-order valence-electron chi connectivity index (χ1n) is 13.8. The molecule has 0 spiro atoms. The number of benzene rings is 4. The SMILES string of the molecule is CC(C)(C)OC(=O)N1C(=O)[C@H]([C@@H](C(=O)c2ccccc2)C2c3ccccc3C(=O)c3ccccc32)c2c(Cl)cccc21. The van der Waals surface area contributed by atoms with Crippen LogP contribution in [0.1, 0.15) is 75.6 Å². The summed E-state index contributed by atoms with van der Waals surface area (Å²) in [6.07, 6.45) is -0.843. The van der Waals surface area contributed by atoms with Gasteiger partial charge in [0.05, 0.1) is 11.6 Å². The summed E-state index contributed by atoms with van der Waals surface area (Å²) in [6.45, 7) is 5.16. The van der Waals surface area contributed by atoms with E-state index in [1.54, 1.807) is 87.5 Å². The average Bonchev–Trinajstić information content (AvgIpc) is 3.27. The van der Waals surface area contributed by atoms with Gasteiger partial charge in [-0.05, 0) is 44.0 Å². The molecule has 6 rings (SSSR count). The largest absolute Gasteiger partial charge is 0.443 e. The molecule has 6 nitrogen and oxygen atoms in total. The molecule has 0 aromatic heterocycles. The van der Waals surface area contributed by atoms with Crippen LogP contribution in [0.15, 0.2) is 97.1 Å². The van der Waals surface area contributed by atoms with Gasteiger partial charge >= 0.3 is 6.09 Å². The number of ketones is 2. The molecule has 0 bridgehead atoms. The molecule has 2 atom stereocenters. The minimum Gasteiger partial charge on any atom is -0.443 e. The lowest BCUT2D eigenvalue weighted by Gasteiger charge is -2.35. The lowest BCUT2D eigenvalue weighted by Crippen LogP contribution is -2.43. The summed E-state index contributed by atoms with van der Waals surface area (Å²) in [5.41, 5.74) is 2.45. The average molecular weight is 578 g/mol. The highest BCUT2D eigenvalue weighted by molar-refractivity contribution is 6.34. The van der Waals surface area contributed by atoms with Gasteiger partial charge in [-0.25, -0.2) is 9.69 Å². The number of amides is 2. The van der Waals surface area contributed by atoms with E-state index in [1.165, 1.54) is 0 Å². The van der Waals surface area contributed by atoms with E-state index in [2.05, 4.69) is 0 Å². The van der Waals surface area contributed by atoms with Crippen molar-refractivity contribution in [3.05, 3.63) is 135 Å². The molecule has 0 saturated carbocycles. The maximum atomic E-state index is 14.7. The standard InChI is InChI=1S/C35H28ClNO5/c1-35(2,3)42-34(41)37-26-19-11-18-25(36)28(26)30(33(37)40)29(31(38)20-12-5-4-6-13-20)27-21-14-7-9-16-23(21)32(39)24-17-10-8-15-22(24)27/h4-19,27,29-30H,1-3H3/t29-,30-/m0/s1. The molecule has 210 valence electrons. The van der Waals surface area contributed by atoms with Crippen LogP contribution >= 0.6 is 11.6 Å². The minimum atomic E-state index is -1.13. The molecule has 1 heterocycles. The second-order valence-corrected chi connectivity index (χ2v) is 11.9. The number of Topliss-reactive ketones (excluding diaryl/α,β-unsaturated/α-hetero) is 1. The van der Waals surface area contributed by atoms with Gasteiger partial charge in [0.1, 0.15) is 5.60 Å². The number of carbonyl (C=O) groups excluding carboxylic acids is 4. The van der Waals surface area contributed by atoms with Crippen LogP contribution in [0.5, 0.6) is 0 Å². The predicted octanol–water partition coefficient (Wildman–Crippen LogP) is 7.58. The summed E-state index contributed by atoms with van der Waals surface area (Å²) >= 11 is 6.79. The summed E-state index contributed by atoms with van der Waals surface area (Å²) in [5.74, 6) is -3.90. The summed E-state index contributed by atoms with van der Waals surface area (Å²) in [6, 6.07) is 28.1. The Kier molecular flexibility index (Phi) is 6.82. The molecule has 2 aliphatic rings. The Morgan fingerprint density at radius 2 is 1.33 bits per heavy atom. The Labute approximate surface area is 248 Å². The number of rotatable bonds is 4. The number of carbonyl (C=O) groups is 4. The molecule has 7 heteroatoms. The topological polar surface area (TPSA) is 80.8 Å². The zero-order valence-corrected chi connectivity index (χ0v) is 24.1. The van der Waals surface area contributed by atoms with Crippen molar-refractivity contribution in [1.29, 1.82) is 0 Å². The van der Waals surface area contributed by atoms with Crippen molar-refractivity contribution in [3.63, 3.8) is 0 Å². The molecule has 4 aromatic rings. The third-order valence-electron chi connectivity index (χ3n) is 7.80. The van der Waals surface area contributed by atoms with Crippen LogP contribution in [0.3, 0.4) is 0 Å². The van der Waals surface area contributed by atoms with Crippen LogP contribution in [0.2, 0.25) is 5.02 Å². The summed E-state index contributed by atoms with van der Waals surface area (Å²) in [7, 11) is 0. The first kappa shape index (κ1) is 27.6. The fourth-order valence-corrected chi connectivity index (χ4v) is 6.47. The van der Waals surface area contributed by atoms with Gasteiger partial charge in [-0.15, -0.1) is 0 Å². The molecular weight excluding hydrogens is 550 g/mol. The second-order valence-electron chi connectivity index (χ2n) is 11.5. The maximum absolute atomic E-state index is 14.7. The number of anilines is 1. The molecule has 0 radical (unpaired) electrons. The second kappa shape index (κ2) is 10.4. The van der Waals surface area contributed by atoms with Crippen LogP contribution in [0.4, 0.5) is 10.5 Å². The molecule has 4 aromatic carbocycles. The van der Waals surface area contributed by atoms with Gasteiger partial charge in [0, 0.05) is 39.1 Å². The molecule has 1 aliphatic heterocycles. The molecule has 42 heavy (non-hydrogen) atoms. The third-order valence-corrected chi connectivity index (χ3v) is 8.13. The molecule has 0 N–H and O–H groups in total. The van der Waals surface area contributed by atoms with Crippen molar-refractivity contribution in [1.82, 2.24) is 0 Å². The summed E-state index contributed by atoms with van der Waals surface area (Å²) < 4.78 is 5.63. The highest BCUT2D eigenvalue weighted by Gasteiger charge is 2.53. The van der Waals surface area contributed by atoms with E-state index in [0.29, 0.717) is 33.4 Å². The zero-order chi connectivity index (χ0) is 29.8. The molecular formula is C35H28ClNO5. The van der Waals surface area contributed by atoms with Gasteiger partial charge in [0.15, 0.2) is 11.6 Å². The predicted molar refractivity (Wildman–Crippen MR) is 160 cm³/mol. The Hall–Kier alpha value is -4.55.